The zero-order valence-corrected chi connectivity index (χ0v) is 14.4. The van der Waals surface area contributed by atoms with Crippen molar-refractivity contribution in [1.29, 1.82) is 0 Å². The molecule has 2 nitrogen and oxygen atoms in total. The average molecular weight is 305 g/mol. The number of thioether (sulfide) groups is 1. The van der Waals surface area contributed by atoms with Crippen LogP contribution >= 0.6 is 11.8 Å². The van der Waals surface area contributed by atoms with E-state index in [0.29, 0.717) is 12.0 Å². The molecule has 2 atom stereocenters. The summed E-state index contributed by atoms with van der Waals surface area (Å²) in [5.74, 6) is 0.697. The van der Waals surface area contributed by atoms with E-state index in [4.69, 9.17) is 0 Å². The number of anilines is 1. The summed E-state index contributed by atoms with van der Waals surface area (Å²) < 4.78 is 0. The molecule has 0 radical (unpaired) electrons. The van der Waals surface area contributed by atoms with Crippen LogP contribution in [0.25, 0.3) is 0 Å². The van der Waals surface area contributed by atoms with Crippen LogP contribution in [0.4, 0.5) is 5.69 Å². The topological polar surface area (TPSA) is 6.48 Å². The first-order chi connectivity index (χ1) is 10.2. The maximum Gasteiger partial charge on any atom is 0.0507 e. The highest BCUT2D eigenvalue weighted by Gasteiger charge is 2.36. The summed E-state index contributed by atoms with van der Waals surface area (Å²) in [5.41, 5.74) is 1.45. The summed E-state index contributed by atoms with van der Waals surface area (Å²) in [6.07, 6.45) is 6.37. The molecular formula is C18H28N2S. The van der Waals surface area contributed by atoms with E-state index >= 15 is 0 Å². The van der Waals surface area contributed by atoms with Gasteiger partial charge in [0.25, 0.3) is 0 Å². The SMILES string of the molecule is CSc1ccccc1N1CC2CCCCN2CC1C(C)C. The molecule has 2 heterocycles. The van der Waals surface area contributed by atoms with Crippen molar-refractivity contribution in [3.8, 4) is 0 Å². The average Bonchev–Trinajstić information content (AvgIpc) is 2.53. The molecule has 3 heteroatoms. The summed E-state index contributed by atoms with van der Waals surface area (Å²) in [7, 11) is 0. The summed E-state index contributed by atoms with van der Waals surface area (Å²) in [4.78, 5) is 6.89. The number of piperazine rings is 1. The molecule has 0 spiro atoms. The number of fused-ring (bicyclic) bond motifs is 1. The number of hydrogen-bond donors (Lipinski definition) is 0. The number of hydrogen-bond acceptors (Lipinski definition) is 3. The summed E-state index contributed by atoms with van der Waals surface area (Å²) in [5, 5.41) is 0. The second kappa shape index (κ2) is 6.62. The zero-order chi connectivity index (χ0) is 14.8. The normalized spacial score (nSPS) is 27.0. The Bertz CT molecular complexity index is 474. The molecule has 0 bridgehead atoms. The van der Waals surface area contributed by atoms with Gasteiger partial charge in [-0.3, -0.25) is 4.90 Å². The predicted molar refractivity (Wildman–Crippen MR) is 93.4 cm³/mol. The van der Waals surface area contributed by atoms with Crippen LogP contribution in [0, 0.1) is 5.92 Å². The molecule has 0 aromatic heterocycles. The van der Waals surface area contributed by atoms with Gasteiger partial charge in [-0.15, -0.1) is 11.8 Å². The van der Waals surface area contributed by atoms with Crippen LogP contribution in [0.15, 0.2) is 29.2 Å². The van der Waals surface area contributed by atoms with Crippen molar-refractivity contribution >= 4 is 17.4 Å². The van der Waals surface area contributed by atoms with Gasteiger partial charge in [-0.1, -0.05) is 32.4 Å². The van der Waals surface area contributed by atoms with Crippen molar-refractivity contribution in [2.75, 3.05) is 30.8 Å². The molecule has 2 aliphatic heterocycles. The van der Waals surface area contributed by atoms with Crippen molar-refractivity contribution in [3.63, 3.8) is 0 Å². The van der Waals surface area contributed by atoms with Crippen molar-refractivity contribution < 1.29 is 0 Å². The van der Waals surface area contributed by atoms with Gasteiger partial charge in [0.2, 0.25) is 0 Å². The van der Waals surface area contributed by atoms with Gasteiger partial charge in [0.1, 0.15) is 0 Å². The molecule has 0 saturated carbocycles. The maximum absolute atomic E-state index is 2.76. The van der Waals surface area contributed by atoms with E-state index in [1.165, 1.54) is 49.5 Å². The number of benzene rings is 1. The Morgan fingerprint density at radius 1 is 1.14 bits per heavy atom. The van der Waals surface area contributed by atoms with Gasteiger partial charge in [-0.2, -0.15) is 0 Å². The lowest BCUT2D eigenvalue weighted by Gasteiger charge is -2.51. The van der Waals surface area contributed by atoms with E-state index in [2.05, 4.69) is 54.2 Å². The molecule has 2 fully saturated rings. The molecule has 2 aliphatic rings. The summed E-state index contributed by atoms with van der Waals surface area (Å²) in [6, 6.07) is 10.4. The van der Waals surface area contributed by atoms with Crippen LogP contribution in [0.1, 0.15) is 33.1 Å². The molecule has 0 N–H and O–H groups in total. The number of piperidine rings is 1. The van der Waals surface area contributed by atoms with E-state index in [1.807, 2.05) is 11.8 Å². The minimum atomic E-state index is 0.646. The van der Waals surface area contributed by atoms with E-state index in [1.54, 1.807) is 0 Å². The van der Waals surface area contributed by atoms with Crippen LogP contribution in [-0.4, -0.2) is 42.9 Å². The Balaban J connectivity index is 1.90. The number of para-hydroxylation sites is 1. The number of nitrogens with zero attached hydrogens (tertiary/aromatic N) is 2. The lowest BCUT2D eigenvalue weighted by atomic mass is 9.91. The molecular weight excluding hydrogens is 276 g/mol. The third-order valence-electron chi connectivity index (χ3n) is 5.14. The summed E-state index contributed by atoms with van der Waals surface area (Å²) in [6.45, 7) is 8.52. The molecule has 21 heavy (non-hydrogen) atoms. The second-order valence-electron chi connectivity index (χ2n) is 6.78. The Kier molecular flexibility index (Phi) is 4.80. The van der Waals surface area contributed by atoms with E-state index < -0.39 is 0 Å². The van der Waals surface area contributed by atoms with Crippen molar-refractivity contribution in [1.82, 2.24) is 4.90 Å². The highest BCUT2D eigenvalue weighted by molar-refractivity contribution is 7.98. The predicted octanol–water partition coefficient (Wildman–Crippen LogP) is 4.11. The zero-order valence-electron chi connectivity index (χ0n) is 13.6. The van der Waals surface area contributed by atoms with Gasteiger partial charge in [0.05, 0.1) is 5.69 Å². The fraction of sp³-hybridized carbons (Fsp3) is 0.667. The van der Waals surface area contributed by atoms with Gasteiger partial charge in [-0.05, 0) is 43.7 Å². The molecule has 1 aromatic carbocycles. The van der Waals surface area contributed by atoms with Crippen molar-refractivity contribution in [2.24, 2.45) is 5.92 Å². The van der Waals surface area contributed by atoms with Crippen molar-refractivity contribution in [2.45, 2.75) is 50.1 Å². The van der Waals surface area contributed by atoms with Gasteiger partial charge in [-0.25, -0.2) is 0 Å². The minimum absolute atomic E-state index is 0.646. The summed E-state index contributed by atoms with van der Waals surface area (Å²) >= 11 is 1.88. The molecule has 116 valence electrons. The lowest BCUT2D eigenvalue weighted by Crippen LogP contribution is -2.61. The molecule has 0 amide bonds. The maximum atomic E-state index is 2.76. The molecule has 0 aliphatic carbocycles. The molecule has 3 rings (SSSR count). The van der Waals surface area contributed by atoms with E-state index in [-0.39, 0.29) is 0 Å². The van der Waals surface area contributed by atoms with Crippen LogP contribution in [0.2, 0.25) is 0 Å². The quantitative estimate of drug-likeness (QED) is 0.776. The van der Waals surface area contributed by atoms with Gasteiger partial charge >= 0.3 is 0 Å². The van der Waals surface area contributed by atoms with E-state index in [9.17, 15) is 0 Å². The van der Waals surface area contributed by atoms with Crippen LogP contribution in [-0.2, 0) is 0 Å². The standard InChI is InChI=1S/C18H28N2S/c1-14(2)17-13-19-11-7-6-8-15(19)12-20(17)16-9-4-5-10-18(16)21-3/h4-5,9-10,14-15,17H,6-8,11-13H2,1-3H3. The van der Waals surface area contributed by atoms with Gasteiger partial charge in [0.15, 0.2) is 0 Å². The number of rotatable bonds is 3. The highest BCUT2D eigenvalue weighted by Crippen LogP contribution is 2.35. The first-order valence-corrected chi connectivity index (χ1v) is 9.57. The third-order valence-corrected chi connectivity index (χ3v) is 5.93. The molecule has 2 saturated heterocycles. The minimum Gasteiger partial charge on any atom is -0.365 e. The Morgan fingerprint density at radius 2 is 1.95 bits per heavy atom. The van der Waals surface area contributed by atoms with Gasteiger partial charge in [0, 0.05) is 30.1 Å². The fourth-order valence-corrected chi connectivity index (χ4v) is 4.53. The lowest BCUT2D eigenvalue weighted by molar-refractivity contribution is 0.100. The van der Waals surface area contributed by atoms with Crippen molar-refractivity contribution in [3.05, 3.63) is 24.3 Å². The Labute approximate surface area is 133 Å². The molecule has 1 aromatic rings. The first kappa shape index (κ1) is 15.2. The fourth-order valence-electron chi connectivity index (χ4n) is 3.92. The third kappa shape index (κ3) is 3.09. The largest absolute Gasteiger partial charge is 0.365 e. The Hall–Kier alpha value is -0.670. The molecule has 2 unspecified atom stereocenters. The van der Waals surface area contributed by atoms with Gasteiger partial charge < -0.3 is 4.90 Å². The van der Waals surface area contributed by atoms with Crippen LogP contribution in [0.3, 0.4) is 0 Å². The van der Waals surface area contributed by atoms with Crippen LogP contribution < -0.4 is 4.90 Å². The second-order valence-corrected chi connectivity index (χ2v) is 7.63. The monoisotopic (exact) mass is 304 g/mol. The first-order valence-electron chi connectivity index (χ1n) is 8.34. The van der Waals surface area contributed by atoms with E-state index in [0.717, 1.165) is 6.04 Å². The van der Waals surface area contributed by atoms with Crippen LogP contribution in [0.5, 0.6) is 0 Å². The smallest absolute Gasteiger partial charge is 0.0507 e. The highest BCUT2D eigenvalue weighted by atomic mass is 32.2. The Morgan fingerprint density at radius 3 is 2.71 bits per heavy atom.